The summed E-state index contributed by atoms with van der Waals surface area (Å²) in [5, 5.41) is 12.5. The molecule has 1 heterocycles. The van der Waals surface area contributed by atoms with Crippen LogP contribution in [0.2, 0.25) is 0 Å². The maximum Gasteiger partial charge on any atom is 0.310 e. The molecule has 1 rings (SSSR count). The third-order valence-electron chi connectivity index (χ3n) is 3.87. The van der Waals surface area contributed by atoms with Crippen LogP contribution in [0.25, 0.3) is 0 Å². The van der Waals surface area contributed by atoms with Crippen LogP contribution in [0.1, 0.15) is 46.1 Å². The fourth-order valence-corrected chi connectivity index (χ4v) is 1.50. The van der Waals surface area contributed by atoms with Crippen molar-refractivity contribution in [1.82, 2.24) is 5.32 Å². The molecule has 0 radical (unpaired) electrons. The van der Waals surface area contributed by atoms with Crippen molar-refractivity contribution in [3.05, 3.63) is 23.7 Å². The molecule has 0 unspecified atom stereocenters. The van der Waals surface area contributed by atoms with Crippen LogP contribution < -0.4 is 5.32 Å². The smallest absolute Gasteiger partial charge is 0.310 e. The number of carbonyl (C=O) groups is 1. The zero-order valence-corrected chi connectivity index (χ0v) is 11.8. The van der Waals surface area contributed by atoms with Crippen LogP contribution in [0.3, 0.4) is 0 Å². The molecule has 1 aromatic rings. The zero-order chi connectivity index (χ0) is 14.0. The molecular weight excluding hydrogens is 230 g/mol. The van der Waals surface area contributed by atoms with Gasteiger partial charge in [-0.25, -0.2) is 0 Å². The largest absolute Gasteiger partial charge is 0.481 e. The molecule has 0 aliphatic heterocycles. The van der Waals surface area contributed by atoms with E-state index in [1.165, 1.54) is 0 Å². The Bertz CT molecular complexity index is 418. The minimum Gasteiger partial charge on any atom is -0.481 e. The summed E-state index contributed by atoms with van der Waals surface area (Å²) in [5.74, 6) is 0.969. The van der Waals surface area contributed by atoms with Gasteiger partial charge in [-0.2, -0.15) is 0 Å². The second-order valence-corrected chi connectivity index (χ2v) is 5.63. The molecule has 2 N–H and O–H groups in total. The Labute approximate surface area is 108 Å². The zero-order valence-electron chi connectivity index (χ0n) is 11.8. The first-order chi connectivity index (χ1) is 8.20. The van der Waals surface area contributed by atoms with E-state index in [0.717, 1.165) is 17.9 Å². The van der Waals surface area contributed by atoms with Crippen LogP contribution in [0.4, 0.5) is 0 Å². The van der Waals surface area contributed by atoms with Crippen molar-refractivity contribution in [1.29, 1.82) is 0 Å². The molecule has 0 saturated heterocycles. The highest BCUT2D eigenvalue weighted by molar-refractivity contribution is 5.75. The molecule has 0 bridgehead atoms. The molecular formula is C14H23NO3. The summed E-state index contributed by atoms with van der Waals surface area (Å²) in [7, 11) is 0. The molecule has 4 nitrogen and oxygen atoms in total. The number of hydrogen-bond acceptors (Lipinski definition) is 3. The van der Waals surface area contributed by atoms with Crippen molar-refractivity contribution in [2.75, 3.05) is 0 Å². The summed E-state index contributed by atoms with van der Waals surface area (Å²) in [4.78, 5) is 11.3. The highest BCUT2D eigenvalue weighted by Crippen LogP contribution is 2.31. The number of rotatable bonds is 6. The van der Waals surface area contributed by atoms with Crippen LogP contribution in [0.15, 0.2) is 16.5 Å². The van der Waals surface area contributed by atoms with Gasteiger partial charge in [0.15, 0.2) is 0 Å². The first-order valence-corrected chi connectivity index (χ1v) is 6.26. The van der Waals surface area contributed by atoms with Crippen molar-refractivity contribution >= 4 is 5.97 Å². The maximum absolute atomic E-state index is 11.3. The quantitative estimate of drug-likeness (QED) is 0.818. The summed E-state index contributed by atoms with van der Waals surface area (Å²) in [6.07, 6.45) is 0.865. The highest BCUT2D eigenvalue weighted by atomic mass is 16.4. The number of aryl methyl sites for hydroxylation is 1. The van der Waals surface area contributed by atoms with E-state index in [9.17, 15) is 9.90 Å². The van der Waals surface area contributed by atoms with E-state index in [2.05, 4.69) is 5.32 Å². The average molecular weight is 253 g/mol. The molecule has 0 aromatic carbocycles. The average Bonchev–Trinajstić information content (AvgIpc) is 2.74. The summed E-state index contributed by atoms with van der Waals surface area (Å²) < 4.78 is 5.59. The second kappa shape index (κ2) is 5.14. The fourth-order valence-electron chi connectivity index (χ4n) is 1.50. The summed E-state index contributed by atoms with van der Waals surface area (Å²) >= 11 is 0. The molecule has 1 aromatic heterocycles. The van der Waals surface area contributed by atoms with Gasteiger partial charge in [0.05, 0.1) is 12.0 Å². The molecule has 0 aliphatic rings. The topological polar surface area (TPSA) is 62.5 Å². The van der Waals surface area contributed by atoms with Gasteiger partial charge in [-0.1, -0.05) is 6.92 Å². The second-order valence-electron chi connectivity index (χ2n) is 5.63. The van der Waals surface area contributed by atoms with Gasteiger partial charge in [-0.3, -0.25) is 4.79 Å². The van der Waals surface area contributed by atoms with E-state index in [0.29, 0.717) is 6.54 Å². The van der Waals surface area contributed by atoms with Crippen molar-refractivity contribution in [2.24, 2.45) is 5.41 Å². The Kier molecular flexibility index (Phi) is 4.22. The van der Waals surface area contributed by atoms with E-state index < -0.39 is 16.9 Å². The lowest BCUT2D eigenvalue weighted by Gasteiger charge is -2.38. The van der Waals surface area contributed by atoms with E-state index in [1.807, 2.05) is 32.9 Å². The Morgan fingerprint density at radius 1 is 1.28 bits per heavy atom. The molecule has 0 aliphatic carbocycles. The van der Waals surface area contributed by atoms with E-state index in [-0.39, 0.29) is 0 Å². The lowest BCUT2D eigenvalue weighted by Crippen LogP contribution is -2.54. The number of aliphatic carboxylic acids is 1. The van der Waals surface area contributed by atoms with Crippen LogP contribution in [-0.4, -0.2) is 16.6 Å². The van der Waals surface area contributed by atoms with Gasteiger partial charge >= 0.3 is 5.97 Å². The molecule has 18 heavy (non-hydrogen) atoms. The van der Waals surface area contributed by atoms with Gasteiger partial charge in [0.25, 0.3) is 0 Å². The molecule has 4 heteroatoms. The van der Waals surface area contributed by atoms with Crippen molar-refractivity contribution < 1.29 is 14.3 Å². The molecule has 0 saturated carbocycles. The lowest BCUT2D eigenvalue weighted by atomic mass is 9.74. The summed E-state index contributed by atoms with van der Waals surface area (Å²) in [6, 6.07) is 3.88. The van der Waals surface area contributed by atoms with E-state index in [4.69, 9.17) is 4.42 Å². The van der Waals surface area contributed by atoms with Gasteiger partial charge < -0.3 is 14.8 Å². The van der Waals surface area contributed by atoms with Crippen LogP contribution in [0.5, 0.6) is 0 Å². The van der Waals surface area contributed by atoms with Gasteiger partial charge in [0.2, 0.25) is 0 Å². The van der Waals surface area contributed by atoms with E-state index >= 15 is 0 Å². The van der Waals surface area contributed by atoms with Gasteiger partial charge in [0, 0.05) is 12.0 Å². The van der Waals surface area contributed by atoms with Gasteiger partial charge in [-0.15, -0.1) is 0 Å². The molecule has 0 atom stereocenters. The van der Waals surface area contributed by atoms with Gasteiger partial charge in [0.1, 0.15) is 11.5 Å². The Hall–Kier alpha value is -1.29. The maximum atomic E-state index is 11.3. The predicted molar refractivity (Wildman–Crippen MR) is 70.4 cm³/mol. The standard InChI is InChI=1S/C14H23NO3/c1-6-10-7-8-11(18-10)9-15-14(4,5)13(2,3)12(16)17/h7-8,15H,6,9H2,1-5H3,(H,16,17). The molecule has 102 valence electrons. The molecule has 0 amide bonds. The SMILES string of the molecule is CCc1ccc(CNC(C)(C)C(C)(C)C(=O)O)o1. The monoisotopic (exact) mass is 253 g/mol. The number of furan rings is 1. The Balaban J connectivity index is 2.69. The predicted octanol–water partition coefficient (Wildman–Crippen LogP) is 2.82. The van der Waals surface area contributed by atoms with E-state index in [1.54, 1.807) is 13.8 Å². The fraction of sp³-hybridized carbons (Fsp3) is 0.643. The third kappa shape index (κ3) is 2.93. The minimum absolute atomic E-state index is 0.530. The van der Waals surface area contributed by atoms with Gasteiger partial charge in [-0.05, 0) is 39.8 Å². The summed E-state index contributed by atoms with van der Waals surface area (Å²) in [6.45, 7) is 9.80. The first-order valence-electron chi connectivity index (χ1n) is 6.26. The van der Waals surface area contributed by atoms with Crippen LogP contribution in [-0.2, 0) is 17.8 Å². The Morgan fingerprint density at radius 3 is 2.28 bits per heavy atom. The van der Waals surface area contributed by atoms with Crippen molar-refractivity contribution in [2.45, 2.75) is 53.1 Å². The van der Waals surface area contributed by atoms with Crippen molar-refractivity contribution in [3.63, 3.8) is 0 Å². The normalized spacial score (nSPS) is 12.7. The van der Waals surface area contributed by atoms with Crippen LogP contribution in [0, 0.1) is 5.41 Å². The van der Waals surface area contributed by atoms with Crippen molar-refractivity contribution in [3.8, 4) is 0 Å². The number of carboxylic acid groups (broad SMARTS) is 1. The summed E-state index contributed by atoms with van der Waals surface area (Å²) in [5.41, 5.74) is -1.38. The highest BCUT2D eigenvalue weighted by Gasteiger charge is 2.43. The minimum atomic E-state index is -0.854. The number of hydrogen-bond donors (Lipinski definition) is 2. The third-order valence-corrected chi connectivity index (χ3v) is 3.87. The van der Waals surface area contributed by atoms with Crippen LogP contribution >= 0.6 is 0 Å². The lowest BCUT2D eigenvalue weighted by molar-refractivity contribution is -0.151. The molecule has 0 spiro atoms. The first kappa shape index (κ1) is 14.8. The number of nitrogens with one attached hydrogen (secondary N) is 1. The molecule has 0 fully saturated rings. The number of carboxylic acids is 1. The Morgan fingerprint density at radius 2 is 1.83 bits per heavy atom.